The Morgan fingerprint density at radius 3 is 2.37 bits per heavy atom. The number of alkyl carbamates (subject to hydrolysis) is 1. The number of amides is 1. The van der Waals surface area contributed by atoms with Gasteiger partial charge in [0.2, 0.25) is 0 Å². The SMILES string of the molecule is CC(C)(C)OC(=O)N[C@H](C(=O)[O-])c1ccccc1Cl. The van der Waals surface area contributed by atoms with Crippen molar-refractivity contribution < 1.29 is 19.4 Å². The van der Waals surface area contributed by atoms with Gasteiger partial charge in [-0.15, -0.1) is 0 Å². The van der Waals surface area contributed by atoms with Crippen LogP contribution in [0.4, 0.5) is 4.79 Å². The van der Waals surface area contributed by atoms with Crippen molar-refractivity contribution in [3.8, 4) is 0 Å². The van der Waals surface area contributed by atoms with E-state index in [0.29, 0.717) is 0 Å². The highest BCUT2D eigenvalue weighted by atomic mass is 35.5. The number of carbonyl (C=O) groups is 2. The van der Waals surface area contributed by atoms with Gasteiger partial charge < -0.3 is 20.0 Å². The number of carbonyl (C=O) groups excluding carboxylic acids is 2. The molecule has 0 saturated carbocycles. The van der Waals surface area contributed by atoms with Crippen LogP contribution in [0.25, 0.3) is 0 Å². The van der Waals surface area contributed by atoms with E-state index in [1.807, 2.05) is 0 Å². The molecule has 19 heavy (non-hydrogen) atoms. The lowest BCUT2D eigenvalue weighted by atomic mass is 10.1. The topological polar surface area (TPSA) is 78.5 Å². The molecule has 0 aromatic heterocycles. The van der Waals surface area contributed by atoms with Crippen molar-refractivity contribution in [1.29, 1.82) is 0 Å². The van der Waals surface area contributed by atoms with E-state index in [0.717, 1.165) is 0 Å². The molecule has 0 bridgehead atoms. The standard InChI is InChI=1S/C13H16ClNO4/c1-13(2,3)19-12(18)15-10(11(16)17)8-6-4-5-7-9(8)14/h4-7,10H,1-3H3,(H,15,18)(H,16,17)/p-1/t10-/m0/s1. The third kappa shape index (κ3) is 4.79. The van der Waals surface area contributed by atoms with Crippen LogP contribution in [0.5, 0.6) is 0 Å². The maximum absolute atomic E-state index is 11.6. The van der Waals surface area contributed by atoms with E-state index in [9.17, 15) is 14.7 Å². The van der Waals surface area contributed by atoms with Gasteiger partial charge in [0.25, 0.3) is 0 Å². The molecule has 1 rings (SSSR count). The first-order chi connectivity index (χ1) is 8.70. The Morgan fingerprint density at radius 1 is 1.32 bits per heavy atom. The zero-order valence-electron chi connectivity index (χ0n) is 10.9. The van der Waals surface area contributed by atoms with Gasteiger partial charge in [-0.3, -0.25) is 0 Å². The molecule has 0 aliphatic carbocycles. The summed E-state index contributed by atoms with van der Waals surface area (Å²) in [6.45, 7) is 5.03. The zero-order chi connectivity index (χ0) is 14.6. The van der Waals surface area contributed by atoms with Crippen LogP contribution in [-0.4, -0.2) is 17.7 Å². The van der Waals surface area contributed by atoms with Gasteiger partial charge >= 0.3 is 6.09 Å². The molecule has 1 amide bonds. The molecule has 0 unspecified atom stereocenters. The first-order valence-electron chi connectivity index (χ1n) is 5.65. The fraction of sp³-hybridized carbons (Fsp3) is 0.385. The van der Waals surface area contributed by atoms with Gasteiger partial charge in [0.15, 0.2) is 0 Å². The average molecular weight is 285 g/mol. The highest BCUT2D eigenvalue weighted by molar-refractivity contribution is 6.31. The van der Waals surface area contributed by atoms with E-state index >= 15 is 0 Å². The number of benzene rings is 1. The van der Waals surface area contributed by atoms with Gasteiger partial charge in [-0.05, 0) is 32.4 Å². The summed E-state index contributed by atoms with van der Waals surface area (Å²) in [7, 11) is 0. The van der Waals surface area contributed by atoms with E-state index < -0.39 is 23.7 Å². The summed E-state index contributed by atoms with van der Waals surface area (Å²) in [4.78, 5) is 22.7. The maximum Gasteiger partial charge on any atom is 0.408 e. The van der Waals surface area contributed by atoms with Crippen LogP contribution in [-0.2, 0) is 9.53 Å². The summed E-state index contributed by atoms with van der Waals surface area (Å²) >= 11 is 5.90. The molecule has 0 fully saturated rings. The number of rotatable bonds is 3. The highest BCUT2D eigenvalue weighted by Gasteiger charge is 2.22. The molecule has 1 aromatic rings. The lowest BCUT2D eigenvalue weighted by Crippen LogP contribution is -2.43. The van der Waals surface area contributed by atoms with E-state index in [-0.39, 0.29) is 10.6 Å². The summed E-state index contributed by atoms with van der Waals surface area (Å²) in [5.41, 5.74) is -0.476. The molecule has 0 aliphatic rings. The lowest BCUT2D eigenvalue weighted by Gasteiger charge is -2.24. The van der Waals surface area contributed by atoms with Gasteiger partial charge in [-0.2, -0.15) is 0 Å². The average Bonchev–Trinajstić information content (AvgIpc) is 2.24. The molecule has 0 aliphatic heterocycles. The predicted octanol–water partition coefficient (Wildman–Crippen LogP) is 1.66. The fourth-order valence-corrected chi connectivity index (χ4v) is 1.64. The summed E-state index contributed by atoms with van der Waals surface area (Å²) in [5, 5.41) is 13.6. The van der Waals surface area contributed by atoms with Crippen LogP contribution >= 0.6 is 11.6 Å². The van der Waals surface area contributed by atoms with Crippen molar-refractivity contribution in [1.82, 2.24) is 5.32 Å². The molecule has 1 aromatic carbocycles. The number of hydrogen-bond acceptors (Lipinski definition) is 4. The third-order valence-corrected chi connectivity index (χ3v) is 2.46. The van der Waals surface area contributed by atoms with Crippen molar-refractivity contribution in [3.63, 3.8) is 0 Å². The zero-order valence-corrected chi connectivity index (χ0v) is 11.7. The first-order valence-corrected chi connectivity index (χ1v) is 6.03. The normalized spacial score (nSPS) is 12.6. The fourth-order valence-electron chi connectivity index (χ4n) is 1.40. The highest BCUT2D eigenvalue weighted by Crippen LogP contribution is 2.22. The van der Waals surface area contributed by atoms with E-state index in [1.54, 1.807) is 32.9 Å². The van der Waals surface area contributed by atoms with Crippen molar-refractivity contribution >= 4 is 23.7 Å². The summed E-state index contributed by atoms with van der Waals surface area (Å²) in [5.74, 6) is -1.46. The largest absolute Gasteiger partial charge is 0.548 e. The molecule has 0 spiro atoms. The van der Waals surface area contributed by atoms with Gasteiger partial charge in [0.05, 0.1) is 12.0 Å². The molecule has 6 heteroatoms. The number of carboxylic acids is 1. The maximum atomic E-state index is 11.6. The minimum Gasteiger partial charge on any atom is -0.548 e. The van der Waals surface area contributed by atoms with Crippen LogP contribution in [0.15, 0.2) is 24.3 Å². The first kappa shape index (κ1) is 15.3. The lowest BCUT2D eigenvalue weighted by molar-refractivity contribution is -0.308. The second-order valence-corrected chi connectivity index (χ2v) is 5.33. The van der Waals surface area contributed by atoms with Crippen LogP contribution in [0, 0.1) is 0 Å². The Morgan fingerprint density at radius 2 is 1.89 bits per heavy atom. The van der Waals surface area contributed by atoms with Crippen LogP contribution in [0.2, 0.25) is 5.02 Å². The summed E-state index contributed by atoms with van der Waals surface area (Å²) < 4.78 is 5.00. The van der Waals surface area contributed by atoms with E-state index in [2.05, 4.69) is 5.32 Å². The van der Waals surface area contributed by atoms with Gasteiger partial charge in [0, 0.05) is 5.02 Å². The molecule has 0 saturated heterocycles. The molecular weight excluding hydrogens is 270 g/mol. The van der Waals surface area contributed by atoms with E-state index in [4.69, 9.17) is 16.3 Å². The van der Waals surface area contributed by atoms with E-state index in [1.165, 1.54) is 12.1 Å². The van der Waals surface area contributed by atoms with Crippen molar-refractivity contribution in [2.75, 3.05) is 0 Å². The van der Waals surface area contributed by atoms with Crippen molar-refractivity contribution in [2.45, 2.75) is 32.4 Å². The number of halogens is 1. The van der Waals surface area contributed by atoms with Crippen molar-refractivity contribution in [3.05, 3.63) is 34.9 Å². The summed E-state index contributed by atoms with van der Waals surface area (Å²) in [6.07, 6.45) is -0.846. The Labute approximate surface area is 116 Å². The Kier molecular flexibility index (Phi) is 4.78. The Bertz CT molecular complexity index is 482. The van der Waals surface area contributed by atoms with Gasteiger partial charge in [-0.25, -0.2) is 4.79 Å². The molecule has 0 heterocycles. The molecule has 5 nitrogen and oxygen atoms in total. The summed E-state index contributed by atoms with van der Waals surface area (Å²) in [6, 6.07) is 4.95. The molecular formula is C13H15ClNO4-. The molecule has 0 radical (unpaired) electrons. The monoisotopic (exact) mass is 284 g/mol. The molecule has 1 atom stereocenters. The smallest absolute Gasteiger partial charge is 0.408 e. The Hall–Kier alpha value is -1.75. The predicted molar refractivity (Wildman–Crippen MR) is 68.6 cm³/mol. The quantitative estimate of drug-likeness (QED) is 0.915. The van der Waals surface area contributed by atoms with Gasteiger partial charge in [-0.1, -0.05) is 29.8 Å². The molecule has 1 N–H and O–H groups in total. The number of ether oxygens (including phenoxy) is 1. The van der Waals surface area contributed by atoms with Crippen LogP contribution < -0.4 is 10.4 Å². The second-order valence-electron chi connectivity index (χ2n) is 4.92. The Balaban J connectivity index is 2.89. The number of aliphatic carboxylic acids is 1. The minimum atomic E-state index is -1.46. The van der Waals surface area contributed by atoms with Crippen LogP contribution in [0.3, 0.4) is 0 Å². The van der Waals surface area contributed by atoms with Crippen molar-refractivity contribution in [2.24, 2.45) is 0 Å². The minimum absolute atomic E-state index is 0.229. The number of hydrogen-bond donors (Lipinski definition) is 1. The number of nitrogens with one attached hydrogen (secondary N) is 1. The second kappa shape index (κ2) is 5.93. The van der Waals surface area contributed by atoms with Crippen LogP contribution in [0.1, 0.15) is 32.4 Å². The molecule has 104 valence electrons. The van der Waals surface area contributed by atoms with Gasteiger partial charge in [0.1, 0.15) is 5.60 Å². The third-order valence-electron chi connectivity index (χ3n) is 2.11. The number of carboxylic acid groups (broad SMARTS) is 1.